The smallest absolute Gasteiger partial charge is 0.245 e. The van der Waals surface area contributed by atoms with Crippen LogP contribution in [0.15, 0.2) is 0 Å². The molecule has 0 aromatic rings. The molecular formula is C15H26N2O2. The van der Waals surface area contributed by atoms with Crippen molar-refractivity contribution in [1.82, 2.24) is 10.2 Å². The second-order valence-electron chi connectivity index (χ2n) is 6.05. The van der Waals surface area contributed by atoms with Gasteiger partial charge in [-0.2, -0.15) is 0 Å². The number of hydrogen-bond acceptors (Lipinski definition) is 2. The van der Waals surface area contributed by atoms with E-state index in [1.165, 1.54) is 12.8 Å². The van der Waals surface area contributed by atoms with Crippen LogP contribution in [0.3, 0.4) is 0 Å². The van der Waals surface area contributed by atoms with Crippen molar-refractivity contribution in [3.63, 3.8) is 0 Å². The lowest BCUT2D eigenvalue weighted by molar-refractivity contribution is -0.147. The molecule has 2 aliphatic rings. The number of piperazine rings is 1. The Balaban J connectivity index is 2.10. The van der Waals surface area contributed by atoms with E-state index in [1.807, 2.05) is 11.8 Å². The minimum absolute atomic E-state index is 0.00481. The third-order valence-electron chi connectivity index (χ3n) is 4.92. The maximum Gasteiger partial charge on any atom is 0.245 e. The summed E-state index contributed by atoms with van der Waals surface area (Å²) in [6.45, 7) is 6.75. The van der Waals surface area contributed by atoms with E-state index in [0.717, 1.165) is 19.3 Å². The van der Waals surface area contributed by atoms with Gasteiger partial charge in [-0.1, -0.05) is 33.6 Å². The van der Waals surface area contributed by atoms with Crippen LogP contribution in [0.25, 0.3) is 0 Å². The molecule has 19 heavy (non-hydrogen) atoms. The van der Waals surface area contributed by atoms with E-state index >= 15 is 0 Å². The van der Waals surface area contributed by atoms with Gasteiger partial charge in [0.1, 0.15) is 6.04 Å². The van der Waals surface area contributed by atoms with Crippen LogP contribution >= 0.6 is 0 Å². The third-order valence-corrected chi connectivity index (χ3v) is 4.92. The summed E-state index contributed by atoms with van der Waals surface area (Å²) in [5.41, 5.74) is 0. The van der Waals surface area contributed by atoms with Crippen LogP contribution in [-0.2, 0) is 9.59 Å². The van der Waals surface area contributed by atoms with E-state index in [4.69, 9.17) is 0 Å². The first-order valence-electron chi connectivity index (χ1n) is 7.68. The molecule has 0 aromatic carbocycles. The minimum atomic E-state index is -0.292. The quantitative estimate of drug-likeness (QED) is 0.845. The third kappa shape index (κ3) is 2.77. The van der Waals surface area contributed by atoms with E-state index in [9.17, 15) is 9.59 Å². The molecule has 1 saturated carbocycles. The highest BCUT2D eigenvalue weighted by atomic mass is 16.2. The number of rotatable bonds is 4. The van der Waals surface area contributed by atoms with Crippen LogP contribution < -0.4 is 5.32 Å². The Morgan fingerprint density at radius 2 is 2.00 bits per heavy atom. The van der Waals surface area contributed by atoms with E-state index in [0.29, 0.717) is 11.8 Å². The van der Waals surface area contributed by atoms with Gasteiger partial charge >= 0.3 is 0 Å². The molecule has 2 rings (SSSR count). The van der Waals surface area contributed by atoms with E-state index in [1.54, 1.807) is 0 Å². The molecule has 1 aliphatic heterocycles. The lowest BCUT2D eigenvalue weighted by Crippen LogP contribution is -2.61. The summed E-state index contributed by atoms with van der Waals surface area (Å²) in [5, 5.41) is 2.83. The van der Waals surface area contributed by atoms with Crippen molar-refractivity contribution in [2.45, 2.75) is 65.0 Å². The van der Waals surface area contributed by atoms with Gasteiger partial charge in [-0.3, -0.25) is 9.59 Å². The Kier molecular flexibility index (Phi) is 4.48. The van der Waals surface area contributed by atoms with Crippen molar-refractivity contribution >= 4 is 11.8 Å². The number of carbonyl (C=O) groups is 2. The zero-order chi connectivity index (χ0) is 14.0. The maximum absolute atomic E-state index is 12.5. The Labute approximate surface area is 115 Å². The zero-order valence-electron chi connectivity index (χ0n) is 12.3. The van der Waals surface area contributed by atoms with Gasteiger partial charge in [-0.15, -0.1) is 0 Å². The summed E-state index contributed by atoms with van der Waals surface area (Å²) in [6.07, 6.45) is 5.08. The number of hydrogen-bond donors (Lipinski definition) is 1. The predicted molar refractivity (Wildman–Crippen MR) is 74.5 cm³/mol. The fourth-order valence-electron chi connectivity index (χ4n) is 3.74. The van der Waals surface area contributed by atoms with Crippen molar-refractivity contribution in [2.75, 3.05) is 6.54 Å². The zero-order valence-corrected chi connectivity index (χ0v) is 12.3. The summed E-state index contributed by atoms with van der Waals surface area (Å²) in [4.78, 5) is 26.2. The predicted octanol–water partition coefficient (Wildman–Crippen LogP) is 1.94. The first-order chi connectivity index (χ1) is 9.08. The molecule has 4 atom stereocenters. The van der Waals surface area contributed by atoms with Crippen LogP contribution in [0, 0.1) is 11.8 Å². The van der Waals surface area contributed by atoms with Gasteiger partial charge < -0.3 is 10.2 Å². The molecule has 4 unspecified atom stereocenters. The van der Waals surface area contributed by atoms with Crippen molar-refractivity contribution in [1.29, 1.82) is 0 Å². The van der Waals surface area contributed by atoms with E-state index in [2.05, 4.69) is 19.2 Å². The Morgan fingerprint density at radius 3 is 2.58 bits per heavy atom. The van der Waals surface area contributed by atoms with Crippen LogP contribution in [0.1, 0.15) is 52.9 Å². The van der Waals surface area contributed by atoms with Gasteiger partial charge in [0.05, 0.1) is 6.54 Å². The highest BCUT2D eigenvalue weighted by molar-refractivity contribution is 5.95. The molecule has 1 heterocycles. The first kappa shape index (κ1) is 14.4. The second-order valence-corrected chi connectivity index (χ2v) is 6.05. The van der Waals surface area contributed by atoms with Crippen molar-refractivity contribution in [3.8, 4) is 0 Å². The molecule has 2 amide bonds. The summed E-state index contributed by atoms with van der Waals surface area (Å²) >= 11 is 0. The van der Waals surface area contributed by atoms with Gasteiger partial charge in [-0.25, -0.2) is 0 Å². The number of carbonyl (C=O) groups excluding carboxylic acids is 2. The monoisotopic (exact) mass is 266 g/mol. The van der Waals surface area contributed by atoms with Gasteiger partial charge in [0, 0.05) is 6.04 Å². The highest BCUT2D eigenvalue weighted by Crippen LogP contribution is 2.37. The van der Waals surface area contributed by atoms with Gasteiger partial charge in [0.15, 0.2) is 0 Å². The maximum atomic E-state index is 12.5. The van der Waals surface area contributed by atoms with Crippen LogP contribution in [-0.4, -0.2) is 35.3 Å². The molecular weight excluding hydrogens is 240 g/mol. The average Bonchev–Trinajstić information content (AvgIpc) is 2.75. The molecule has 1 N–H and O–H groups in total. The number of nitrogens with zero attached hydrogens (tertiary/aromatic N) is 1. The summed E-state index contributed by atoms with van der Waals surface area (Å²) in [7, 11) is 0. The SMILES string of the molecule is CCCC1NC(=O)CN(C2CCC(CC)C2C)C1=O. The standard InChI is InChI=1S/C15H26N2O2/c1-4-6-12-15(19)17(9-14(18)16-12)13-8-7-11(5-2)10(13)3/h10-13H,4-9H2,1-3H3,(H,16,18). The topological polar surface area (TPSA) is 49.4 Å². The molecule has 2 fully saturated rings. The first-order valence-corrected chi connectivity index (χ1v) is 7.68. The normalized spacial score (nSPS) is 35.6. The average molecular weight is 266 g/mol. The van der Waals surface area contributed by atoms with Gasteiger partial charge in [0.2, 0.25) is 11.8 Å². The van der Waals surface area contributed by atoms with Crippen molar-refractivity contribution < 1.29 is 9.59 Å². The molecule has 1 aliphatic carbocycles. The van der Waals surface area contributed by atoms with Crippen LogP contribution in [0.2, 0.25) is 0 Å². The van der Waals surface area contributed by atoms with Crippen molar-refractivity contribution in [2.24, 2.45) is 11.8 Å². The molecule has 0 radical (unpaired) electrons. The second kappa shape index (κ2) is 5.93. The lowest BCUT2D eigenvalue weighted by Gasteiger charge is -2.38. The molecule has 0 aromatic heterocycles. The van der Waals surface area contributed by atoms with Crippen molar-refractivity contribution in [3.05, 3.63) is 0 Å². The van der Waals surface area contributed by atoms with Gasteiger partial charge in [0.25, 0.3) is 0 Å². The molecule has 4 nitrogen and oxygen atoms in total. The number of amides is 2. The summed E-state index contributed by atoms with van der Waals surface area (Å²) in [6, 6.07) is -0.0259. The van der Waals surface area contributed by atoms with Crippen LogP contribution in [0.5, 0.6) is 0 Å². The lowest BCUT2D eigenvalue weighted by atomic mass is 9.92. The molecule has 0 spiro atoms. The molecule has 4 heteroatoms. The van der Waals surface area contributed by atoms with Gasteiger partial charge in [-0.05, 0) is 31.1 Å². The summed E-state index contributed by atoms with van der Waals surface area (Å²) in [5.74, 6) is 1.36. The Morgan fingerprint density at radius 1 is 1.26 bits per heavy atom. The largest absolute Gasteiger partial charge is 0.343 e. The fraction of sp³-hybridized carbons (Fsp3) is 0.867. The molecule has 1 saturated heterocycles. The summed E-state index contributed by atoms with van der Waals surface area (Å²) < 4.78 is 0. The minimum Gasteiger partial charge on any atom is -0.343 e. The fourth-order valence-corrected chi connectivity index (χ4v) is 3.74. The molecule has 0 bridgehead atoms. The van der Waals surface area contributed by atoms with Crippen LogP contribution in [0.4, 0.5) is 0 Å². The van der Waals surface area contributed by atoms with E-state index in [-0.39, 0.29) is 30.4 Å². The number of nitrogens with one attached hydrogen (secondary N) is 1. The Bertz CT molecular complexity index is 356. The highest BCUT2D eigenvalue weighted by Gasteiger charge is 2.42. The van der Waals surface area contributed by atoms with E-state index < -0.39 is 0 Å². The molecule has 108 valence electrons. The Hall–Kier alpha value is -1.06.